The van der Waals surface area contributed by atoms with Crippen LogP contribution in [0.25, 0.3) is 0 Å². The molecule has 0 radical (unpaired) electrons. The summed E-state index contributed by atoms with van der Waals surface area (Å²) >= 11 is 3.50. The van der Waals surface area contributed by atoms with Crippen molar-refractivity contribution < 1.29 is 9.90 Å². The fourth-order valence-corrected chi connectivity index (χ4v) is 2.54. The summed E-state index contributed by atoms with van der Waals surface area (Å²) in [5, 5.41) is 17.5. The van der Waals surface area contributed by atoms with Gasteiger partial charge in [0, 0.05) is 28.8 Å². The number of likely N-dealkylation sites (N-methyl/N-ethyl adjacent to an activating group) is 1. The molecule has 2 aromatic carbocycles. The Morgan fingerprint density at radius 2 is 1.91 bits per heavy atom. The van der Waals surface area contributed by atoms with Gasteiger partial charge in [0.15, 0.2) is 0 Å². The fraction of sp³-hybridized carbons (Fsp3) is 0.235. The number of aliphatic hydroxyl groups excluding tert-OH is 1. The van der Waals surface area contributed by atoms with Crippen LogP contribution in [0.3, 0.4) is 0 Å². The molecule has 120 valence electrons. The lowest BCUT2D eigenvalue weighted by molar-refractivity contribution is 0.112. The minimum absolute atomic E-state index is 0.115. The van der Waals surface area contributed by atoms with Crippen LogP contribution in [-0.2, 0) is 0 Å². The van der Waals surface area contributed by atoms with Crippen LogP contribution < -0.4 is 4.90 Å². The van der Waals surface area contributed by atoms with Crippen LogP contribution >= 0.6 is 15.9 Å². The summed E-state index contributed by atoms with van der Waals surface area (Å²) in [6, 6.07) is 12.7. The van der Waals surface area contributed by atoms with E-state index in [9.17, 15) is 4.79 Å². The van der Waals surface area contributed by atoms with Crippen molar-refractivity contribution in [3.63, 3.8) is 0 Å². The summed E-state index contributed by atoms with van der Waals surface area (Å²) in [6.07, 6.45) is 0.794. The monoisotopic (exact) mass is 375 g/mol. The standard InChI is InChI=1S/C17H18BrN3O2/c1-2-21(9-10-22)15-7-8-17(16(18)11-15)20-19-14-5-3-13(12-23)4-6-14/h3-8,11-12,22H,2,9-10H2,1H3. The van der Waals surface area contributed by atoms with Crippen molar-refractivity contribution >= 4 is 39.3 Å². The minimum atomic E-state index is 0.115. The van der Waals surface area contributed by atoms with Gasteiger partial charge in [-0.25, -0.2) is 0 Å². The maximum atomic E-state index is 10.6. The van der Waals surface area contributed by atoms with Gasteiger partial charge in [-0.3, -0.25) is 4.79 Å². The van der Waals surface area contributed by atoms with Crippen molar-refractivity contribution in [3.05, 3.63) is 52.5 Å². The molecule has 0 spiro atoms. The van der Waals surface area contributed by atoms with Gasteiger partial charge >= 0.3 is 0 Å². The van der Waals surface area contributed by atoms with Crippen molar-refractivity contribution in [2.75, 3.05) is 24.6 Å². The number of hydrogen-bond donors (Lipinski definition) is 1. The maximum Gasteiger partial charge on any atom is 0.150 e. The van der Waals surface area contributed by atoms with E-state index in [4.69, 9.17) is 5.11 Å². The van der Waals surface area contributed by atoms with E-state index >= 15 is 0 Å². The number of azo groups is 1. The van der Waals surface area contributed by atoms with Gasteiger partial charge in [0.25, 0.3) is 0 Å². The number of halogens is 1. The molecular weight excluding hydrogens is 358 g/mol. The molecule has 0 amide bonds. The molecule has 0 aliphatic rings. The predicted molar refractivity (Wildman–Crippen MR) is 95.1 cm³/mol. The Balaban J connectivity index is 2.16. The molecule has 6 heteroatoms. The molecule has 0 atom stereocenters. The van der Waals surface area contributed by atoms with Gasteiger partial charge in [0.1, 0.15) is 6.29 Å². The molecule has 0 unspecified atom stereocenters. The largest absolute Gasteiger partial charge is 0.395 e. The molecule has 0 heterocycles. The van der Waals surface area contributed by atoms with Crippen LogP contribution in [0.4, 0.5) is 17.1 Å². The fourth-order valence-electron chi connectivity index (χ4n) is 2.10. The van der Waals surface area contributed by atoms with E-state index in [2.05, 4.69) is 31.1 Å². The van der Waals surface area contributed by atoms with E-state index < -0.39 is 0 Å². The number of aldehydes is 1. The molecule has 23 heavy (non-hydrogen) atoms. The zero-order valence-electron chi connectivity index (χ0n) is 12.8. The highest BCUT2D eigenvalue weighted by Gasteiger charge is 2.06. The number of hydrogen-bond acceptors (Lipinski definition) is 5. The normalized spacial score (nSPS) is 10.9. The van der Waals surface area contributed by atoms with Gasteiger partial charge in [0.05, 0.1) is 18.0 Å². The second-order valence-corrected chi connectivity index (χ2v) is 5.70. The molecule has 0 bridgehead atoms. The number of rotatable bonds is 7. The third kappa shape index (κ3) is 4.71. The van der Waals surface area contributed by atoms with Crippen LogP contribution in [0, 0.1) is 0 Å². The van der Waals surface area contributed by atoms with Gasteiger partial charge in [0.2, 0.25) is 0 Å². The van der Waals surface area contributed by atoms with Gasteiger partial charge in [-0.1, -0.05) is 0 Å². The number of benzene rings is 2. The van der Waals surface area contributed by atoms with Gasteiger partial charge in [-0.15, -0.1) is 5.11 Å². The average molecular weight is 376 g/mol. The maximum absolute atomic E-state index is 10.6. The summed E-state index contributed by atoms with van der Waals surface area (Å²) in [5.41, 5.74) is 3.02. The van der Waals surface area contributed by atoms with Crippen LogP contribution in [-0.4, -0.2) is 31.1 Å². The first kappa shape index (κ1) is 17.3. The number of anilines is 1. The molecule has 0 saturated heterocycles. The van der Waals surface area contributed by atoms with Crippen molar-refractivity contribution in [2.45, 2.75) is 6.92 Å². The van der Waals surface area contributed by atoms with Crippen LogP contribution in [0.1, 0.15) is 17.3 Å². The first-order chi connectivity index (χ1) is 11.2. The Labute approximate surface area is 143 Å². The van der Waals surface area contributed by atoms with E-state index in [1.165, 1.54) is 0 Å². The Morgan fingerprint density at radius 1 is 1.17 bits per heavy atom. The topological polar surface area (TPSA) is 65.3 Å². The Bertz CT molecular complexity index is 687. The lowest BCUT2D eigenvalue weighted by atomic mass is 10.2. The minimum Gasteiger partial charge on any atom is -0.395 e. The molecule has 2 rings (SSSR count). The molecule has 0 aliphatic heterocycles. The molecule has 0 fully saturated rings. The van der Waals surface area contributed by atoms with Crippen LogP contribution in [0.5, 0.6) is 0 Å². The highest BCUT2D eigenvalue weighted by atomic mass is 79.9. The zero-order valence-corrected chi connectivity index (χ0v) is 14.4. The molecular formula is C17H18BrN3O2. The highest BCUT2D eigenvalue weighted by Crippen LogP contribution is 2.31. The first-order valence-corrected chi connectivity index (χ1v) is 8.09. The van der Waals surface area contributed by atoms with Crippen molar-refractivity contribution in [3.8, 4) is 0 Å². The molecule has 0 aromatic heterocycles. The Morgan fingerprint density at radius 3 is 2.48 bits per heavy atom. The van der Waals surface area contributed by atoms with Crippen molar-refractivity contribution in [2.24, 2.45) is 10.2 Å². The zero-order chi connectivity index (χ0) is 16.7. The highest BCUT2D eigenvalue weighted by molar-refractivity contribution is 9.10. The van der Waals surface area contributed by atoms with Crippen molar-refractivity contribution in [1.29, 1.82) is 0 Å². The summed E-state index contributed by atoms with van der Waals surface area (Å²) in [5.74, 6) is 0. The number of carbonyl (C=O) groups excluding carboxylic acids is 1. The predicted octanol–water partition coefficient (Wildman–Crippen LogP) is 4.50. The smallest absolute Gasteiger partial charge is 0.150 e. The van der Waals surface area contributed by atoms with Crippen LogP contribution in [0.2, 0.25) is 0 Å². The summed E-state index contributed by atoms with van der Waals surface area (Å²) in [7, 11) is 0. The second-order valence-electron chi connectivity index (χ2n) is 4.85. The van der Waals surface area contributed by atoms with Gasteiger partial charge < -0.3 is 10.0 Å². The molecule has 2 aromatic rings. The molecule has 0 saturated carbocycles. The average Bonchev–Trinajstić information content (AvgIpc) is 2.59. The SMILES string of the molecule is CCN(CCO)c1ccc(N=Nc2ccc(C=O)cc2)c(Br)c1. The summed E-state index contributed by atoms with van der Waals surface area (Å²) < 4.78 is 0.833. The lowest BCUT2D eigenvalue weighted by Gasteiger charge is -2.22. The Hall–Kier alpha value is -2.05. The lowest BCUT2D eigenvalue weighted by Crippen LogP contribution is -2.25. The van der Waals surface area contributed by atoms with Gasteiger partial charge in [-0.2, -0.15) is 5.11 Å². The van der Waals surface area contributed by atoms with E-state index in [0.29, 0.717) is 23.5 Å². The second kappa shape index (κ2) is 8.55. The molecule has 5 nitrogen and oxygen atoms in total. The van der Waals surface area contributed by atoms with E-state index in [-0.39, 0.29) is 6.61 Å². The number of aliphatic hydroxyl groups is 1. The summed E-state index contributed by atoms with van der Waals surface area (Å²) in [4.78, 5) is 12.7. The third-order valence-electron chi connectivity index (χ3n) is 3.35. The van der Waals surface area contributed by atoms with E-state index in [1.54, 1.807) is 24.3 Å². The number of carbonyl (C=O) groups is 1. The quantitative estimate of drug-likeness (QED) is 0.572. The molecule has 1 N–H and O–H groups in total. The number of nitrogens with zero attached hydrogens (tertiary/aromatic N) is 3. The first-order valence-electron chi connectivity index (χ1n) is 7.30. The summed E-state index contributed by atoms with van der Waals surface area (Å²) in [6.45, 7) is 3.56. The van der Waals surface area contributed by atoms with Gasteiger partial charge in [-0.05, 0) is 65.3 Å². The third-order valence-corrected chi connectivity index (χ3v) is 3.99. The molecule has 0 aliphatic carbocycles. The van der Waals surface area contributed by atoms with E-state index in [1.807, 2.05) is 25.1 Å². The van der Waals surface area contributed by atoms with Crippen LogP contribution in [0.15, 0.2) is 57.2 Å². The van der Waals surface area contributed by atoms with E-state index in [0.717, 1.165) is 23.0 Å². The Kier molecular flexibility index (Phi) is 6.43. The van der Waals surface area contributed by atoms with Crippen molar-refractivity contribution in [1.82, 2.24) is 0 Å².